The van der Waals surface area contributed by atoms with E-state index in [1.807, 2.05) is 24.3 Å². The van der Waals surface area contributed by atoms with Gasteiger partial charge in [-0.1, -0.05) is 291 Å². The molecule has 23 rings (SSSR count). The van der Waals surface area contributed by atoms with Gasteiger partial charge in [-0.05, 0) is 209 Å². The predicted octanol–water partition coefficient (Wildman–Crippen LogP) is 29.5. The van der Waals surface area contributed by atoms with Crippen LogP contribution in [0.2, 0.25) is 0 Å². The molecule has 0 fully saturated rings. The Kier molecular flexibility index (Phi) is 12.6. The fourth-order valence-electron chi connectivity index (χ4n) is 18.0. The van der Waals surface area contributed by atoms with Crippen LogP contribution < -0.4 is 0 Å². The van der Waals surface area contributed by atoms with Crippen LogP contribution in [0.15, 0.2) is 370 Å². The summed E-state index contributed by atoms with van der Waals surface area (Å²) in [5.74, 6) is 0. The molecule has 4 heterocycles. The molecule has 0 atom stereocenters. The summed E-state index contributed by atoms with van der Waals surface area (Å²) in [6.07, 6.45) is 0. The first-order chi connectivity index (χ1) is 52.6. The first kappa shape index (κ1) is 58.6. The van der Waals surface area contributed by atoms with E-state index in [1.165, 1.54) is 92.8 Å². The molecule has 0 aliphatic rings. The van der Waals surface area contributed by atoms with Crippen molar-refractivity contribution in [3.05, 3.63) is 352 Å². The second kappa shape index (κ2) is 22.7. The highest BCUT2D eigenvalue weighted by molar-refractivity contribution is 6.32. The molecule has 0 N–H and O–H groups in total. The van der Waals surface area contributed by atoms with E-state index in [2.05, 4.69) is 328 Å². The molecule has 0 aliphatic heterocycles. The molecule has 0 amide bonds. The Bertz CT molecular complexity index is 7560. The lowest BCUT2D eigenvalue weighted by atomic mass is 9.83. The van der Waals surface area contributed by atoms with Crippen LogP contribution in [-0.4, -0.2) is 0 Å². The summed E-state index contributed by atoms with van der Waals surface area (Å²) in [7, 11) is 0. The van der Waals surface area contributed by atoms with Gasteiger partial charge in [0.25, 0.3) is 0 Å². The van der Waals surface area contributed by atoms with Crippen LogP contribution in [0.25, 0.3) is 241 Å². The van der Waals surface area contributed by atoms with Crippen molar-refractivity contribution < 1.29 is 17.7 Å². The van der Waals surface area contributed by atoms with Gasteiger partial charge in [-0.25, -0.2) is 0 Å². The van der Waals surface area contributed by atoms with Crippen molar-refractivity contribution in [2.75, 3.05) is 0 Å². The molecular formula is C102H58O4. The lowest BCUT2D eigenvalue weighted by Gasteiger charge is -2.20. The smallest absolute Gasteiger partial charge is 0.144 e. The van der Waals surface area contributed by atoms with Gasteiger partial charge in [0.15, 0.2) is 0 Å². The SMILES string of the molecule is c1ccc(-c2cc3oc4c(-c5cccc6c(-c7ccc(-c8c9ccccc9c(-c9ccc%10oc%11ccc%12oc%13ccccc%13c%12c%11c%10c9)c9ccccc89)cc7)cccc56)cc5oc6ccccc6c5c4c3cc2-c2c3ccccc3c(-c3ccc(-c4ccc5ccccc5c4)cc3)c3ccccc23)cc1. The van der Waals surface area contributed by atoms with Crippen LogP contribution in [0.1, 0.15) is 0 Å². The molecule has 0 unspecified atom stereocenters. The second-order valence-electron chi connectivity index (χ2n) is 28.3. The number of furan rings is 4. The summed E-state index contributed by atoms with van der Waals surface area (Å²) in [6, 6.07) is 128. The normalized spacial score (nSPS) is 12.2. The topological polar surface area (TPSA) is 52.6 Å². The molecule has 4 nitrogen and oxygen atoms in total. The maximum atomic E-state index is 7.55. The third kappa shape index (κ3) is 8.70. The first-order valence-corrected chi connectivity index (χ1v) is 36.3. The fraction of sp³-hybridized carbons (Fsp3) is 0. The van der Waals surface area contributed by atoms with E-state index in [4.69, 9.17) is 17.7 Å². The molecule has 19 aromatic carbocycles. The maximum absolute atomic E-state index is 7.55. The van der Waals surface area contributed by atoms with Gasteiger partial charge in [-0.3, -0.25) is 0 Å². The minimum Gasteiger partial charge on any atom is -0.456 e. The summed E-state index contributed by atoms with van der Waals surface area (Å²) in [5.41, 5.74) is 24.9. The van der Waals surface area contributed by atoms with Gasteiger partial charge in [0.05, 0.1) is 0 Å². The van der Waals surface area contributed by atoms with Crippen LogP contribution in [0.5, 0.6) is 0 Å². The number of benzene rings is 19. The number of hydrogen-bond acceptors (Lipinski definition) is 4. The van der Waals surface area contributed by atoms with Gasteiger partial charge in [0.2, 0.25) is 0 Å². The second-order valence-corrected chi connectivity index (χ2v) is 28.3. The Morgan fingerprint density at radius 3 is 1.14 bits per heavy atom. The highest BCUT2D eigenvalue weighted by atomic mass is 16.3. The number of fused-ring (bicyclic) bond motifs is 20. The van der Waals surface area contributed by atoms with E-state index in [0.29, 0.717) is 0 Å². The molecule has 0 saturated carbocycles. The summed E-state index contributed by atoms with van der Waals surface area (Å²) in [4.78, 5) is 0. The van der Waals surface area contributed by atoms with E-state index in [1.54, 1.807) is 0 Å². The van der Waals surface area contributed by atoms with Crippen LogP contribution in [0.3, 0.4) is 0 Å². The van der Waals surface area contributed by atoms with Crippen molar-refractivity contribution in [1.29, 1.82) is 0 Å². The van der Waals surface area contributed by atoms with Crippen molar-refractivity contribution in [2.24, 2.45) is 0 Å². The molecule has 0 spiro atoms. The molecular weight excluding hydrogens is 1290 g/mol. The van der Waals surface area contributed by atoms with Crippen molar-refractivity contribution >= 4 is 152 Å². The minimum atomic E-state index is 0.805. The molecule has 106 heavy (non-hydrogen) atoms. The maximum Gasteiger partial charge on any atom is 0.144 e. The van der Waals surface area contributed by atoms with Crippen molar-refractivity contribution in [3.63, 3.8) is 0 Å². The van der Waals surface area contributed by atoms with Gasteiger partial charge >= 0.3 is 0 Å². The lowest BCUT2D eigenvalue weighted by Crippen LogP contribution is -1.93. The summed E-state index contributed by atoms with van der Waals surface area (Å²) in [6.45, 7) is 0. The standard InChI is InChI=1S/C102H58O4/c1-2-21-61(22-3-1)82-57-92-86(56-83(82)97-78-30-12-10-28-76(78)95(77-29-11-13-31-79(77)97)63-45-40-60(41-46-63)66-49-42-59-20-4-5-23-65(59)54-66)101-99-81-33-15-17-39-88(81)105-93(99)58-84(102(101)106-92)71-37-19-35-69-68(34-18-36-70(69)71)62-43-47-64(48-44-62)94-72-24-6-8-26-74(72)96(75-27-9-7-25-73(75)94)67-50-51-89-85(55-67)100-91(104-89)53-52-90-98(100)80-32-14-16-38-87(80)103-90/h1-58H. The average Bonchev–Trinajstić information content (AvgIpc) is 1.52. The highest BCUT2D eigenvalue weighted by Gasteiger charge is 2.28. The third-order valence-corrected chi connectivity index (χ3v) is 22.7. The zero-order valence-corrected chi connectivity index (χ0v) is 57.1. The molecule has 0 bridgehead atoms. The van der Waals surface area contributed by atoms with E-state index < -0.39 is 0 Å². The zero-order chi connectivity index (χ0) is 69.2. The van der Waals surface area contributed by atoms with E-state index in [0.717, 1.165) is 149 Å². The highest BCUT2D eigenvalue weighted by Crippen LogP contribution is 2.53. The third-order valence-electron chi connectivity index (χ3n) is 22.7. The number of para-hydroxylation sites is 2. The average molecular weight is 1350 g/mol. The Hall–Kier alpha value is -14.1. The van der Waals surface area contributed by atoms with Crippen LogP contribution in [0, 0.1) is 0 Å². The Labute approximate surface area is 607 Å². The molecule has 0 saturated heterocycles. The Morgan fingerprint density at radius 2 is 0.538 bits per heavy atom. The summed E-state index contributed by atoms with van der Waals surface area (Å²) >= 11 is 0. The van der Waals surface area contributed by atoms with Crippen molar-refractivity contribution in [2.45, 2.75) is 0 Å². The van der Waals surface area contributed by atoms with Gasteiger partial charge in [0.1, 0.15) is 44.7 Å². The monoisotopic (exact) mass is 1350 g/mol. The van der Waals surface area contributed by atoms with E-state index in [9.17, 15) is 0 Å². The van der Waals surface area contributed by atoms with Crippen molar-refractivity contribution in [1.82, 2.24) is 0 Å². The zero-order valence-electron chi connectivity index (χ0n) is 57.1. The van der Waals surface area contributed by atoms with Crippen LogP contribution in [-0.2, 0) is 0 Å². The number of hydrogen-bond donors (Lipinski definition) is 0. The van der Waals surface area contributed by atoms with Crippen LogP contribution in [0.4, 0.5) is 0 Å². The number of rotatable bonds is 8. The Balaban J connectivity index is 0.674. The molecule has 0 aliphatic carbocycles. The molecule has 4 aromatic heterocycles. The van der Waals surface area contributed by atoms with Gasteiger partial charge in [-0.2, -0.15) is 0 Å². The Morgan fingerprint density at radius 1 is 0.142 bits per heavy atom. The van der Waals surface area contributed by atoms with Crippen molar-refractivity contribution in [3.8, 4) is 89.0 Å². The first-order valence-electron chi connectivity index (χ1n) is 36.3. The summed E-state index contributed by atoms with van der Waals surface area (Å²) in [5, 5.41) is 22.7. The van der Waals surface area contributed by atoms with Crippen LogP contribution >= 0.6 is 0 Å². The quantitative estimate of drug-likeness (QED) is 0.142. The van der Waals surface area contributed by atoms with E-state index >= 15 is 0 Å². The van der Waals surface area contributed by atoms with Gasteiger partial charge < -0.3 is 17.7 Å². The molecule has 490 valence electrons. The van der Waals surface area contributed by atoms with Gasteiger partial charge in [0, 0.05) is 48.7 Å². The summed E-state index contributed by atoms with van der Waals surface area (Å²) < 4.78 is 27.5. The molecule has 0 radical (unpaired) electrons. The van der Waals surface area contributed by atoms with Gasteiger partial charge in [-0.15, -0.1) is 0 Å². The largest absolute Gasteiger partial charge is 0.456 e. The fourth-order valence-corrected chi connectivity index (χ4v) is 18.0. The minimum absolute atomic E-state index is 0.805. The lowest BCUT2D eigenvalue weighted by molar-refractivity contribution is 0.663. The molecule has 4 heteroatoms. The predicted molar refractivity (Wildman–Crippen MR) is 444 cm³/mol. The van der Waals surface area contributed by atoms with E-state index in [-0.39, 0.29) is 0 Å². The molecule has 23 aromatic rings.